The Morgan fingerprint density at radius 2 is 2.11 bits per heavy atom. The fourth-order valence-corrected chi connectivity index (χ4v) is 1.51. The Balaban J connectivity index is 2.81. The van der Waals surface area contributed by atoms with E-state index in [1.807, 2.05) is 25.1 Å². The molecular weight excluding hydrogens is 232 g/mol. The summed E-state index contributed by atoms with van der Waals surface area (Å²) in [6.45, 7) is 3.79. The third kappa shape index (κ3) is 3.30. The molecule has 0 spiro atoms. The van der Waals surface area contributed by atoms with Crippen molar-refractivity contribution in [3.8, 4) is 0 Å². The Bertz CT molecular complexity index is 446. The van der Waals surface area contributed by atoms with Gasteiger partial charge in [0.1, 0.15) is 0 Å². The Morgan fingerprint density at radius 3 is 2.67 bits per heavy atom. The Kier molecular flexibility index (Phi) is 4.85. The molecular formula is C13H18N2O3. The van der Waals surface area contributed by atoms with Crippen molar-refractivity contribution in [3.05, 3.63) is 29.8 Å². The summed E-state index contributed by atoms with van der Waals surface area (Å²) >= 11 is 0. The number of rotatable bonds is 4. The van der Waals surface area contributed by atoms with E-state index in [9.17, 15) is 9.59 Å². The van der Waals surface area contributed by atoms with Crippen LogP contribution in [0.1, 0.15) is 12.5 Å². The lowest BCUT2D eigenvalue weighted by atomic mass is 10.2. The minimum absolute atomic E-state index is 0.202. The first-order valence-electron chi connectivity index (χ1n) is 5.73. The summed E-state index contributed by atoms with van der Waals surface area (Å²) in [5.74, 6) is -1.19. The minimum Gasteiger partial charge on any atom is -0.464 e. The van der Waals surface area contributed by atoms with Gasteiger partial charge < -0.3 is 15.4 Å². The molecule has 1 aromatic carbocycles. The van der Waals surface area contributed by atoms with Gasteiger partial charge in [0.05, 0.1) is 6.61 Å². The molecule has 0 radical (unpaired) electrons. The van der Waals surface area contributed by atoms with Crippen LogP contribution in [0, 0.1) is 6.92 Å². The first-order chi connectivity index (χ1) is 8.47. The number of hydrogen-bond donors (Lipinski definition) is 1. The van der Waals surface area contributed by atoms with Gasteiger partial charge in [-0.15, -0.1) is 0 Å². The van der Waals surface area contributed by atoms with Crippen LogP contribution in [0.15, 0.2) is 24.3 Å². The summed E-state index contributed by atoms with van der Waals surface area (Å²) in [5.41, 5.74) is 7.28. The summed E-state index contributed by atoms with van der Waals surface area (Å²) < 4.78 is 4.72. The standard InChI is InChI=1S/C13H18N2O3/c1-4-18-13(17)11(14)12(16)15(3)10-7-5-6-9(2)8-10/h5-8,11H,4,14H2,1-3H3. The molecule has 0 bridgehead atoms. The van der Waals surface area contributed by atoms with Crippen LogP contribution in [0.4, 0.5) is 5.69 Å². The molecule has 0 aliphatic carbocycles. The summed E-state index contributed by atoms with van der Waals surface area (Å²) in [5, 5.41) is 0. The lowest BCUT2D eigenvalue weighted by molar-refractivity contribution is -0.147. The normalized spacial score (nSPS) is 11.8. The SMILES string of the molecule is CCOC(=O)C(N)C(=O)N(C)c1cccc(C)c1. The maximum absolute atomic E-state index is 12.0. The van der Waals surface area contributed by atoms with Gasteiger partial charge in [0.25, 0.3) is 5.91 Å². The third-order valence-electron chi connectivity index (χ3n) is 2.53. The minimum atomic E-state index is -1.28. The van der Waals surface area contributed by atoms with Crippen LogP contribution in [0.2, 0.25) is 0 Å². The van der Waals surface area contributed by atoms with Gasteiger partial charge in [-0.25, -0.2) is 4.79 Å². The lowest BCUT2D eigenvalue weighted by Gasteiger charge is -2.20. The van der Waals surface area contributed by atoms with Crippen molar-refractivity contribution in [1.29, 1.82) is 0 Å². The second kappa shape index (κ2) is 6.16. The average Bonchev–Trinajstić information content (AvgIpc) is 2.36. The van der Waals surface area contributed by atoms with Gasteiger partial charge in [0.2, 0.25) is 0 Å². The van der Waals surface area contributed by atoms with Gasteiger partial charge >= 0.3 is 5.97 Å². The van der Waals surface area contributed by atoms with Crippen molar-refractivity contribution in [2.75, 3.05) is 18.6 Å². The maximum Gasteiger partial charge on any atom is 0.332 e. The molecule has 0 saturated heterocycles. The highest BCUT2D eigenvalue weighted by atomic mass is 16.5. The van der Waals surface area contributed by atoms with E-state index >= 15 is 0 Å². The van der Waals surface area contributed by atoms with Crippen LogP contribution < -0.4 is 10.6 Å². The largest absolute Gasteiger partial charge is 0.464 e. The van der Waals surface area contributed by atoms with E-state index in [1.165, 1.54) is 4.90 Å². The fourth-order valence-electron chi connectivity index (χ4n) is 1.51. The molecule has 1 atom stereocenters. The summed E-state index contributed by atoms with van der Waals surface area (Å²) in [6, 6.07) is 6.10. The van der Waals surface area contributed by atoms with Crippen molar-refractivity contribution < 1.29 is 14.3 Å². The fraction of sp³-hybridized carbons (Fsp3) is 0.385. The van der Waals surface area contributed by atoms with Gasteiger partial charge in [0.15, 0.2) is 6.04 Å². The highest BCUT2D eigenvalue weighted by molar-refractivity contribution is 6.09. The van der Waals surface area contributed by atoms with E-state index in [-0.39, 0.29) is 6.61 Å². The molecule has 0 aliphatic rings. The van der Waals surface area contributed by atoms with Crippen LogP contribution in [-0.2, 0) is 14.3 Å². The summed E-state index contributed by atoms with van der Waals surface area (Å²) in [4.78, 5) is 24.7. The Hall–Kier alpha value is -1.88. The number of nitrogens with two attached hydrogens (primary N) is 1. The van der Waals surface area contributed by atoms with Gasteiger partial charge in [-0.3, -0.25) is 4.79 Å². The lowest BCUT2D eigenvalue weighted by Crippen LogP contribution is -2.47. The van der Waals surface area contributed by atoms with E-state index in [2.05, 4.69) is 0 Å². The number of hydrogen-bond acceptors (Lipinski definition) is 4. The van der Waals surface area contributed by atoms with Crippen molar-refractivity contribution in [2.24, 2.45) is 5.73 Å². The van der Waals surface area contributed by atoms with Gasteiger partial charge in [-0.1, -0.05) is 12.1 Å². The predicted molar refractivity (Wildman–Crippen MR) is 69.2 cm³/mol. The van der Waals surface area contributed by atoms with Crippen molar-refractivity contribution in [1.82, 2.24) is 0 Å². The number of anilines is 1. The highest BCUT2D eigenvalue weighted by Crippen LogP contribution is 2.15. The molecule has 5 heteroatoms. The quantitative estimate of drug-likeness (QED) is 0.635. The molecule has 1 unspecified atom stereocenters. The van der Waals surface area contributed by atoms with Crippen molar-refractivity contribution >= 4 is 17.6 Å². The molecule has 0 heterocycles. The molecule has 0 fully saturated rings. The molecule has 98 valence electrons. The summed E-state index contributed by atoms with van der Waals surface area (Å²) in [7, 11) is 1.58. The molecule has 5 nitrogen and oxygen atoms in total. The second-order valence-corrected chi connectivity index (χ2v) is 3.97. The number of likely N-dealkylation sites (N-methyl/N-ethyl adjacent to an activating group) is 1. The van der Waals surface area contributed by atoms with Crippen LogP contribution >= 0.6 is 0 Å². The molecule has 1 rings (SSSR count). The summed E-state index contributed by atoms with van der Waals surface area (Å²) in [6.07, 6.45) is 0. The molecule has 1 aromatic rings. The molecule has 18 heavy (non-hydrogen) atoms. The predicted octanol–water partition coefficient (Wildman–Crippen LogP) is 0.848. The third-order valence-corrected chi connectivity index (χ3v) is 2.53. The number of nitrogens with zero attached hydrogens (tertiary/aromatic N) is 1. The molecule has 0 aromatic heterocycles. The van der Waals surface area contributed by atoms with Crippen LogP contribution in [0.3, 0.4) is 0 Å². The van der Waals surface area contributed by atoms with Crippen LogP contribution in [-0.4, -0.2) is 31.6 Å². The number of carbonyl (C=O) groups is 2. The number of amides is 1. The monoisotopic (exact) mass is 250 g/mol. The number of carbonyl (C=O) groups excluding carboxylic acids is 2. The Morgan fingerprint density at radius 1 is 1.44 bits per heavy atom. The second-order valence-electron chi connectivity index (χ2n) is 3.97. The zero-order chi connectivity index (χ0) is 13.7. The van der Waals surface area contributed by atoms with E-state index in [0.29, 0.717) is 5.69 Å². The zero-order valence-electron chi connectivity index (χ0n) is 10.8. The molecule has 1 amide bonds. The van der Waals surface area contributed by atoms with E-state index in [4.69, 9.17) is 10.5 Å². The van der Waals surface area contributed by atoms with Gasteiger partial charge in [-0.05, 0) is 31.5 Å². The van der Waals surface area contributed by atoms with Gasteiger partial charge in [-0.2, -0.15) is 0 Å². The zero-order valence-corrected chi connectivity index (χ0v) is 10.8. The molecule has 2 N–H and O–H groups in total. The number of aryl methyl sites for hydroxylation is 1. The van der Waals surface area contributed by atoms with Crippen molar-refractivity contribution in [3.63, 3.8) is 0 Å². The van der Waals surface area contributed by atoms with E-state index in [1.54, 1.807) is 20.0 Å². The average molecular weight is 250 g/mol. The van der Waals surface area contributed by atoms with Crippen LogP contribution in [0.25, 0.3) is 0 Å². The first kappa shape index (κ1) is 14.2. The Labute approximate surface area is 107 Å². The highest BCUT2D eigenvalue weighted by Gasteiger charge is 2.27. The van der Waals surface area contributed by atoms with E-state index in [0.717, 1.165) is 5.56 Å². The van der Waals surface area contributed by atoms with Crippen LogP contribution in [0.5, 0.6) is 0 Å². The molecule has 0 saturated carbocycles. The smallest absolute Gasteiger partial charge is 0.332 e. The first-order valence-corrected chi connectivity index (χ1v) is 5.73. The topological polar surface area (TPSA) is 72.6 Å². The van der Waals surface area contributed by atoms with E-state index < -0.39 is 17.9 Å². The number of esters is 1. The van der Waals surface area contributed by atoms with Crippen molar-refractivity contribution in [2.45, 2.75) is 19.9 Å². The maximum atomic E-state index is 12.0. The van der Waals surface area contributed by atoms with Gasteiger partial charge in [0, 0.05) is 12.7 Å². The number of ether oxygens (including phenoxy) is 1. The molecule has 0 aliphatic heterocycles. The number of benzene rings is 1.